The molecule has 0 saturated heterocycles. The molecular weight excluding hydrogens is 251 g/mol. The van der Waals surface area contributed by atoms with Crippen LogP contribution in [0.5, 0.6) is 0 Å². The van der Waals surface area contributed by atoms with Crippen LogP contribution in [0.15, 0.2) is 18.2 Å². The van der Waals surface area contributed by atoms with Crippen molar-refractivity contribution in [1.82, 2.24) is 5.32 Å². The summed E-state index contributed by atoms with van der Waals surface area (Å²) in [5, 5.41) is 3.48. The van der Waals surface area contributed by atoms with E-state index >= 15 is 0 Å². The normalized spacial score (nSPS) is 13.8. The Morgan fingerprint density at radius 1 is 1.35 bits per heavy atom. The van der Waals surface area contributed by atoms with E-state index in [1.807, 2.05) is 6.92 Å². The maximum absolute atomic E-state index is 12.2. The van der Waals surface area contributed by atoms with Crippen LogP contribution in [0.1, 0.15) is 30.0 Å². The molecule has 0 aromatic heterocycles. The van der Waals surface area contributed by atoms with Gasteiger partial charge in [0.15, 0.2) is 0 Å². The third-order valence-electron chi connectivity index (χ3n) is 2.75. The first-order chi connectivity index (χ1) is 7.85. The van der Waals surface area contributed by atoms with E-state index < -0.39 is 12.6 Å². The van der Waals surface area contributed by atoms with Gasteiger partial charge >= 0.3 is 6.18 Å². The van der Waals surface area contributed by atoms with Gasteiger partial charge in [-0.05, 0) is 37.6 Å². The summed E-state index contributed by atoms with van der Waals surface area (Å²) >= 11 is 5.95. The van der Waals surface area contributed by atoms with E-state index in [1.54, 1.807) is 25.2 Å². The van der Waals surface area contributed by atoms with Gasteiger partial charge in [-0.25, -0.2) is 0 Å². The standard InChI is InChI=1S/C12H15ClF3N/c1-8-9(4-3-5-10(8)13)11(17-2)6-7-12(14,15)16/h3-5,11,17H,6-7H2,1-2H3. The fourth-order valence-corrected chi connectivity index (χ4v) is 1.95. The monoisotopic (exact) mass is 265 g/mol. The molecule has 1 atom stereocenters. The van der Waals surface area contributed by atoms with Crippen LogP contribution < -0.4 is 5.32 Å². The van der Waals surface area contributed by atoms with Gasteiger partial charge < -0.3 is 5.32 Å². The molecule has 0 aliphatic carbocycles. The van der Waals surface area contributed by atoms with Crippen LogP contribution in [-0.4, -0.2) is 13.2 Å². The van der Waals surface area contributed by atoms with Gasteiger partial charge in [-0.15, -0.1) is 0 Å². The van der Waals surface area contributed by atoms with Crippen LogP contribution in [0, 0.1) is 6.92 Å². The maximum Gasteiger partial charge on any atom is 0.389 e. The molecule has 0 aliphatic heterocycles. The van der Waals surface area contributed by atoms with Crippen molar-refractivity contribution in [2.45, 2.75) is 32.0 Å². The van der Waals surface area contributed by atoms with E-state index in [1.165, 1.54) is 0 Å². The number of hydrogen-bond acceptors (Lipinski definition) is 1. The summed E-state index contributed by atoms with van der Waals surface area (Å²) in [6.07, 6.45) is -4.91. The molecule has 1 N–H and O–H groups in total. The molecule has 0 amide bonds. The molecule has 1 nitrogen and oxygen atoms in total. The number of nitrogens with one attached hydrogen (secondary N) is 1. The summed E-state index contributed by atoms with van der Waals surface area (Å²) in [7, 11) is 1.65. The summed E-state index contributed by atoms with van der Waals surface area (Å²) in [5.41, 5.74) is 1.65. The largest absolute Gasteiger partial charge is 0.389 e. The van der Waals surface area contributed by atoms with E-state index in [0.29, 0.717) is 5.02 Å². The minimum atomic E-state index is -4.12. The first-order valence-corrected chi connectivity index (χ1v) is 5.72. The van der Waals surface area contributed by atoms with Crippen molar-refractivity contribution in [3.63, 3.8) is 0 Å². The zero-order valence-corrected chi connectivity index (χ0v) is 10.5. The SMILES string of the molecule is CNC(CCC(F)(F)F)c1cccc(Cl)c1C. The Morgan fingerprint density at radius 2 is 2.00 bits per heavy atom. The van der Waals surface area contributed by atoms with Crippen LogP contribution in [0.2, 0.25) is 5.02 Å². The fraction of sp³-hybridized carbons (Fsp3) is 0.500. The topological polar surface area (TPSA) is 12.0 Å². The number of rotatable bonds is 4. The molecule has 0 saturated carbocycles. The van der Waals surface area contributed by atoms with Crippen molar-refractivity contribution >= 4 is 11.6 Å². The molecule has 0 radical (unpaired) electrons. The van der Waals surface area contributed by atoms with Crippen molar-refractivity contribution in [2.75, 3.05) is 7.05 Å². The minimum absolute atomic E-state index is 0.0151. The Labute approximate surface area is 104 Å². The fourth-order valence-electron chi connectivity index (χ4n) is 1.76. The van der Waals surface area contributed by atoms with Gasteiger partial charge in [0.1, 0.15) is 0 Å². The lowest BCUT2D eigenvalue weighted by Crippen LogP contribution is -2.20. The van der Waals surface area contributed by atoms with Gasteiger partial charge in [0, 0.05) is 17.5 Å². The molecule has 0 heterocycles. The molecule has 5 heteroatoms. The number of halogens is 4. The second-order valence-electron chi connectivity index (χ2n) is 3.95. The van der Waals surface area contributed by atoms with Gasteiger partial charge in [0.25, 0.3) is 0 Å². The lowest BCUT2D eigenvalue weighted by molar-refractivity contribution is -0.136. The molecule has 0 spiro atoms. The van der Waals surface area contributed by atoms with Gasteiger partial charge in [-0.1, -0.05) is 23.7 Å². The average Bonchev–Trinajstić information content (AvgIpc) is 2.23. The number of alkyl halides is 3. The van der Waals surface area contributed by atoms with E-state index in [4.69, 9.17) is 11.6 Å². The quantitative estimate of drug-likeness (QED) is 0.858. The van der Waals surface area contributed by atoms with Crippen LogP contribution in [0.3, 0.4) is 0 Å². The predicted octanol–water partition coefficient (Wildman–Crippen LogP) is 4.25. The van der Waals surface area contributed by atoms with Gasteiger partial charge in [-0.2, -0.15) is 13.2 Å². The maximum atomic E-state index is 12.2. The van der Waals surface area contributed by atoms with Gasteiger partial charge in [0.2, 0.25) is 0 Å². The smallest absolute Gasteiger partial charge is 0.313 e. The highest BCUT2D eigenvalue weighted by Gasteiger charge is 2.28. The highest BCUT2D eigenvalue weighted by molar-refractivity contribution is 6.31. The molecule has 1 aromatic rings. The Morgan fingerprint density at radius 3 is 2.53 bits per heavy atom. The molecule has 1 aromatic carbocycles. The molecule has 1 unspecified atom stereocenters. The van der Waals surface area contributed by atoms with Crippen molar-refractivity contribution in [2.24, 2.45) is 0 Å². The molecule has 0 aliphatic rings. The van der Waals surface area contributed by atoms with Crippen molar-refractivity contribution in [3.05, 3.63) is 34.3 Å². The second kappa shape index (κ2) is 5.74. The van der Waals surface area contributed by atoms with Crippen LogP contribution in [0.4, 0.5) is 13.2 Å². The Kier molecular flexibility index (Phi) is 4.83. The van der Waals surface area contributed by atoms with Crippen molar-refractivity contribution in [1.29, 1.82) is 0 Å². The zero-order chi connectivity index (χ0) is 13.1. The third kappa shape index (κ3) is 4.21. The zero-order valence-electron chi connectivity index (χ0n) is 9.74. The summed E-state index contributed by atoms with van der Waals surface area (Å²) in [5.74, 6) is 0. The van der Waals surface area contributed by atoms with Crippen LogP contribution in [0.25, 0.3) is 0 Å². The van der Waals surface area contributed by atoms with E-state index in [9.17, 15) is 13.2 Å². The summed E-state index contributed by atoms with van der Waals surface area (Å²) < 4.78 is 36.6. The molecule has 0 bridgehead atoms. The van der Waals surface area contributed by atoms with E-state index in [-0.39, 0.29) is 12.5 Å². The average molecular weight is 266 g/mol. The molecule has 96 valence electrons. The molecular formula is C12H15ClF3N. The highest BCUT2D eigenvalue weighted by Crippen LogP contribution is 2.30. The van der Waals surface area contributed by atoms with Gasteiger partial charge in [0.05, 0.1) is 0 Å². The van der Waals surface area contributed by atoms with Crippen molar-refractivity contribution < 1.29 is 13.2 Å². The lowest BCUT2D eigenvalue weighted by Gasteiger charge is -2.20. The first kappa shape index (κ1) is 14.3. The molecule has 17 heavy (non-hydrogen) atoms. The number of benzene rings is 1. The van der Waals surface area contributed by atoms with E-state index in [0.717, 1.165) is 11.1 Å². The third-order valence-corrected chi connectivity index (χ3v) is 3.16. The molecule has 0 fully saturated rings. The Balaban J connectivity index is 2.83. The Bertz CT molecular complexity index is 377. The van der Waals surface area contributed by atoms with Crippen molar-refractivity contribution in [3.8, 4) is 0 Å². The first-order valence-electron chi connectivity index (χ1n) is 5.34. The van der Waals surface area contributed by atoms with Crippen LogP contribution >= 0.6 is 11.6 Å². The summed E-state index contributed by atoms with van der Waals surface area (Å²) in [6, 6.07) is 4.97. The number of hydrogen-bond donors (Lipinski definition) is 1. The predicted molar refractivity (Wildman–Crippen MR) is 63.3 cm³/mol. The van der Waals surface area contributed by atoms with Gasteiger partial charge in [-0.3, -0.25) is 0 Å². The Hall–Kier alpha value is -0.740. The minimum Gasteiger partial charge on any atom is -0.313 e. The van der Waals surface area contributed by atoms with E-state index in [2.05, 4.69) is 5.32 Å². The van der Waals surface area contributed by atoms with Crippen LogP contribution in [-0.2, 0) is 0 Å². The summed E-state index contributed by atoms with van der Waals surface area (Å²) in [6.45, 7) is 1.82. The second-order valence-corrected chi connectivity index (χ2v) is 4.36. The highest BCUT2D eigenvalue weighted by atomic mass is 35.5. The lowest BCUT2D eigenvalue weighted by atomic mass is 9.97. The summed E-state index contributed by atoms with van der Waals surface area (Å²) in [4.78, 5) is 0. The molecule has 1 rings (SSSR count).